The van der Waals surface area contributed by atoms with Crippen LogP contribution in [0.3, 0.4) is 0 Å². The maximum atomic E-state index is 12.0. The number of nitrogens with two attached hydrogens (primary N) is 1. The van der Waals surface area contributed by atoms with Crippen molar-refractivity contribution in [3.8, 4) is 0 Å². The smallest absolute Gasteiger partial charge is 0.322 e. The molecule has 0 aliphatic rings. The van der Waals surface area contributed by atoms with Gasteiger partial charge in [0, 0.05) is 5.75 Å². The molecular weight excluding hydrogens is 344 g/mol. The van der Waals surface area contributed by atoms with Crippen LogP contribution >= 0.6 is 24.4 Å². The van der Waals surface area contributed by atoms with Gasteiger partial charge in [0.25, 0.3) is 0 Å². The Labute approximate surface area is 143 Å². The van der Waals surface area contributed by atoms with Gasteiger partial charge in [0.2, 0.25) is 17.7 Å². The van der Waals surface area contributed by atoms with Crippen molar-refractivity contribution in [3.63, 3.8) is 0 Å². The van der Waals surface area contributed by atoms with Crippen molar-refractivity contribution in [2.45, 2.75) is 18.5 Å². The summed E-state index contributed by atoms with van der Waals surface area (Å²) < 4.78 is 0. The third-order valence-electron chi connectivity index (χ3n) is 2.64. The zero-order chi connectivity index (χ0) is 17.8. The number of carbonyl (C=O) groups excluding carboxylic acids is 3. The molecule has 0 aromatic heterocycles. The van der Waals surface area contributed by atoms with Crippen LogP contribution in [0.5, 0.6) is 0 Å². The van der Waals surface area contributed by atoms with E-state index in [4.69, 9.17) is 10.8 Å². The lowest BCUT2D eigenvalue weighted by Crippen LogP contribution is -2.53. The molecule has 0 fully saturated rings. The van der Waals surface area contributed by atoms with Crippen LogP contribution < -0.4 is 21.7 Å². The van der Waals surface area contributed by atoms with Crippen LogP contribution in [0.1, 0.15) is 6.42 Å². The highest BCUT2D eigenvalue weighted by atomic mass is 32.2. The average Bonchev–Trinajstić information content (AvgIpc) is 2.53. The molecule has 0 aromatic carbocycles. The van der Waals surface area contributed by atoms with Crippen LogP contribution in [0, 0.1) is 0 Å². The van der Waals surface area contributed by atoms with Crippen molar-refractivity contribution in [1.82, 2.24) is 16.0 Å². The largest absolute Gasteiger partial charge is 0.480 e. The Morgan fingerprint density at radius 3 is 2.35 bits per heavy atom. The first-order valence-corrected chi connectivity index (χ1v) is 8.76. The summed E-state index contributed by atoms with van der Waals surface area (Å²) in [5.74, 6) is -2.10. The fourth-order valence-electron chi connectivity index (χ4n) is 1.39. The first-order chi connectivity index (χ1) is 10.8. The number of nitrogens with one attached hydrogen (secondary N) is 3. The van der Waals surface area contributed by atoms with Crippen LogP contribution in [0.2, 0.25) is 0 Å². The molecule has 0 radical (unpaired) electrons. The number of thioether (sulfide) groups is 1. The summed E-state index contributed by atoms with van der Waals surface area (Å²) in [5.41, 5.74) is 5.54. The van der Waals surface area contributed by atoms with Crippen LogP contribution in [0.4, 0.5) is 0 Å². The Balaban J connectivity index is 4.47. The minimum absolute atomic E-state index is 0.139. The summed E-state index contributed by atoms with van der Waals surface area (Å²) in [4.78, 5) is 45.5. The summed E-state index contributed by atoms with van der Waals surface area (Å²) in [7, 11) is 0. The van der Waals surface area contributed by atoms with Crippen LogP contribution in [0.15, 0.2) is 0 Å². The van der Waals surface area contributed by atoms with Gasteiger partial charge in [-0.15, -0.1) is 0 Å². The Bertz CT molecular complexity index is 436. The fourth-order valence-corrected chi connectivity index (χ4v) is 2.03. The van der Waals surface area contributed by atoms with Gasteiger partial charge in [0.05, 0.1) is 12.6 Å². The summed E-state index contributed by atoms with van der Waals surface area (Å²) in [6, 6.07) is -1.66. The molecule has 0 rings (SSSR count). The van der Waals surface area contributed by atoms with Crippen molar-refractivity contribution >= 4 is 48.1 Å². The number of thiol groups is 1. The number of rotatable bonds is 11. The maximum Gasteiger partial charge on any atom is 0.322 e. The average molecular weight is 366 g/mol. The van der Waals surface area contributed by atoms with Gasteiger partial charge in [0.1, 0.15) is 12.6 Å². The number of hydrogen-bond acceptors (Lipinski definition) is 7. The number of carbonyl (C=O) groups is 4. The van der Waals surface area contributed by atoms with E-state index in [-0.39, 0.29) is 12.3 Å². The van der Waals surface area contributed by atoms with Crippen molar-refractivity contribution in [1.29, 1.82) is 0 Å². The van der Waals surface area contributed by atoms with Gasteiger partial charge < -0.3 is 26.8 Å². The topological polar surface area (TPSA) is 151 Å². The minimum atomic E-state index is -1.18. The Kier molecular flexibility index (Phi) is 11.3. The van der Waals surface area contributed by atoms with E-state index in [9.17, 15) is 19.2 Å². The lowest BCUT2D eigenvalue weighted by molar-refractivity contribution is -0.138. The molecule has 0 aromatic rings. The van der Waals surface area contributed by atoms with E-state index in [0.29, 0.717) is 12.2 Å². The van der Waals surface area contributed by atoms with Crippen LogP contribution in [-0.2, 0) is 19.2 Å². The summed E-state index contributed by atoms with van der Waals surface area (Å²) in [6.45, 7) is -0.908. The van der Waals surface area contributed by atoms with Gasteiger partial charge in [-0.25, -0.2) is 0 Å². The molecular formula is C12H22N4O5S2. The maximum absolute atomic E-state index is 12.0. The second-order valence-electron chi connectivity index (χ2n) is 4.52. The second-order valence-corrected chi connectivity index (χ2v) is 5.87. The van der Waals surface area contributed by atoms with Crippen molar-refractivity contribution < 1.29 is 24.3 Å². The van der Waals surface area contributed by atoms with E-state index in [2.05, 4.69) is 28.6 Å². The van der Waals surface area contributed by atoms with E-state index >= 15 is 0 Å². The first kappa shape index (κ1) is 21.5. The molecule has 0 bridgehead atoms. The summed E-state index contributed by atoms with van der Waals surface area (Å²) >= 11 is 5.42. The first-order valence-electron chi connectivity index (χ1n) is 6.73. The van der Waals surface area contributed by atoms with Crippen LogP contribution in [-0.4, -0.2) is 71.7 Å². The van der Waals surface area contributed by atoms with E-state index in [1.807, 2.05) is 6.26 Å². The Hall–Kier alpha value is -1.46. The highest BCUT2D eigenvalue weighted by molar-refractivity contribution is 7.98. The zero-order valence-electron chi connectivity index (χ0n) is 12.7. The fraction of sp³-hybridized carbons (Fsp3) is 0.667. The number of amides is 3. The molecule has 0 heterocycles. The number of carboxylic acids is 1. The molecule has 9 nitrogen and oxygen atoms in total. The molecule has 6 N–H and O–H groups in total. The molecule has 0 aliphatic carbocycles. The number of carboxylic acid groups (broad SMARTS) is 1. The van der Waals surface area contributed by atoms with E-state index < -0.39 is 42.3 Å². The Morgan fingerprint density at radius 2 is 1.83 bits per heavy atom. The Morgan fingerprint density at radius 1 is 1.17 bits per heavy atom. The third kappa shape index (κ3) is 10.0. The molecule has 11 heteroatoms. The van der Waals surface area contributed by atoms with Gasteiger partial charge >= 0.3 is 5.97 Å². The molecule has 2 atom stereocenters. The second kappa shape index (κ2) is 12.0. The lowest BCUT2D eigenvalue weighted by Gasteiger charge is -2.19. The molecule has 2 unspecified atom stereocenters. The van der Waals surface area contributed by atoms with Gasteiger partial charge in [0.15, 0.2) is 0 Å². The van der Waals surface area contributed by atoms with Gasteiger partial charge in [-0.2, -0.15) is 24.4 Å². The SMILES string of the molecule is CSCCC(NC(=O)C(N)CS)C(=O)NCC(=O)NCC(=O)O. The van der Waals surface area contributed by atoms with Gasteiger partial charge in [-0.1, -0.05) is 0 Å². The molecule has 0 spiro atoms. The third-order valence-corrected chi connectivity index (χ3v) is 3.67. The predicted molar refractivity (Wildman–Crippen MR) is 90.4 cm³/mol. The quantitative estimate of drug-likeness (QED) is 0.227. The molecule has 3 amide bonds. The van der Waals surface area contributed by atoms with E-state index in [1.165, 1.54) is 11.8 Å². The molecule has 0 aliphatic heterocycles. The normalized spacial score (nSPS) is 12.8. The zero-order valence-corrected chi connectivity index (χ0v) is 14.4. The van der Waals surface area contributed by atoms with E-state index in [0.717, 1.165) is 0 Å². The molecule has 0 saturated carbocycles. The molecule has 23 heavy (non-hydrogen) atoms. The van der Waals surface area contributed by atoms with Crippen molar-refractivity contribution in [2.75, 3.05) is 30.9 Å². The monoisotopic (exact) mass is 366 g/mol. The van der Waals surface area contributed by atoms with Gasteiger partial charge in [-0.05, 0) is 18.4 Å². The highest BCUT2D eigenvalue weighted by Crippen LogP contribution is 2.01. The minimum Gasteiger partial charge on any atom is -0.480 e. The summed E-state index contributed by atoms with van der Waals surface area (Å²) in [5, 5.41) is 15.4. The van der Waals surface area contributed by atoms with Crippen LogP contribution in [0.25, 0.3) is 0 Å². The summed E-state index contributed by atoms with van der Waals surface area (Å²) in [6.07, 6.45) is 2.23. The number of aliphatic carboxylic acids is 1. The standard InChI is InChI=1S/C12H22N4O5S2/c1-23-3-2-8(16-11(20)7(13)6-22)12(21)15-4-9(17)14-5-10(18)19/h7-8,22H,2-6,13H2,1H3,(H,14,17)(H,15,21)(H,16,20)(H,18,19). The number of hydrogen-bond donors (Lipinski definition) is 6. The predicted octanol–water partition coefficient (Wildman–Crippen LogP) is -2.20. The van der Waals surface area contributed by atoms with Crippen molar-refractivity contribution in [3.05, 3.63) is 0 Å². The van der Waals surface area contributed by atoms with Gasteiger partial charge in [-0.3, -0.25) is 19.2 Å². The highest BCUT2D eigenvalue weighted by Gasteiger charge is 2.23. The van der Waals surface area contributed by atoms with E-state index in [1.54, 1.807) is 0 Å². The van der Waals surface area contributed by atoms with Crippen molar-refractivity contribution in [2.24, 2.45) is 5.73 Å². The molecule has 0 saturated heterocycles. The lowest BCUT2D eigenvalue weighted by atomic mass is 10.2. The molecule has 132 valence electrons.